The van der Waals surface area contributed by atoms with Crippen LogP contribution in [0.1, 0.15) is 6.92 Å². The molecule has 0 fully saturated rings. The highest BCUT2D eigenvalue weighted by Crippen LogP contribution is 1.80. The van der Waals surface area contributed by atoms with E-state index in [9.17, 15) is 5.11 Å². The van der Waals surface area contributed by atoms with E-state index >= 15 is 0 Å². The third-order valence-corrected chi connectivity index (χ3v) is 0.637. The monoisotopic (exact) mass is 89.1 g/mol. The van der Waals surface area contributed by atoms with Crippen LogP contribution in [-0.4, -0.2) is 19.8 Å². The standard InChI is InChI=1S/C4H9O2/c1-4(3-5)6-2/h4H,3H2,1-2H3/t4-/m0/s1. The van der Waals surface area contributed by atoms with Crippen LogP contribution < -0.4 is 0 Å². The Kier molecular flexibility index (Phi) is 3.08. The Bertz CT molecular complexity index is 24.7. The molecule has 0 aromatic heterocycles. The maximum absolute atomic E-state index is 9.74. The van der Waals surface area contributed by atoms with Crippen LogP contribution in [-0.2, 0) is 9.84 Å². The lowest BCUT2D eigenvalue weighted by molar-refractivity contribution is 0.0321. The number of hydrogen-bond donors (Lipinski definition) is 0. The van der Waals surface area contributed by atoms with Crippen molar-refractivity contribution < 1.29 is 9.84 Å². The van der Waals surface area contributed by atoms with Gasteiger partial charge in [0.25, 0.3) is 0 Å². The van der Waals surface area contributed by atoms with Crippen molar-refractivity contribution in [1.29, 1.82) is 0 Å². The Morgan fingerprint density at radius 1 is 1.83 bits per heavy atom. The third-order valence-electron chi connectivity index (χ3n) is 0.637. The van der Waals surface area contributed by atoms with Gasteiger partial charge in [-0.2, -0.15) is 0 Å². The molecule has 0 aliphatic heterocycles. The molecular weight excluding hydrogens is 80.0 g/mol. The summed E-state index contributed by atoms with van der Waals surface area (Å²) in [7, 11) is 1.53. The average Bonchev–Trinajstić information content (AvgIpc) is 1.65. The highest BCUT2D eigenvalue weighted by Gasteiger charge is 1.91. The lowest BCUT2D eigenvalue weighted by Gasteiger charge is -1.99. The van der Waals surface area contributed by atoms with Gasteiger partial charge in [-0.25, -0.2) is 5.11 Å². The predicted octanol–water partition coefficient (Wildman–Crippen LogP) is 0.452. The maximum atomic E-state index is 9.74. The van der Waals surface area contributed by atoms with Crippen molar-refractivity contribution in [3.63, 3.8) is 0 Å². The highest BCUT2D eigenvalue weighted by molar-refractivity contribution is 4.38. The summed E-state index contributed by atoms with van der Waals surface area (Å²) in [6.07, 6.45) is -0.120. The minimum absolute atomic E-state index is 0.120. The first-order valence-corrected chi connectivity index (χ1v) is 1.92. The topological polar surface area (TPSA) is 29.1 Å². The molecule has 0 N–H and O–H groups in total. The van der Waals surface area contributed by atoms with E-state index in [-0.39, 0.29) is 12.7 Å². The van der Waals surface area contributed by atoms with Crippen LogP contribution in [0.4, 0.5) is 0 Å². The fourth-order valence-corrected chi connectivity index (χ4v) is 0.0680. The molecule has 0 spiro atoms. The summed E-state index contributed by atoms with van der Waals surface area (Å²) in [6.45, 7) is 1.60. The van der Waals surface area contributed by atoms with Gasteiger partial charge in [0.15, 0.2) is 0 Å². The molecule has 0 saturated heterocycles. The molecule has 0 amide bonds. The summed E-state index contributed by atoms with van der Waals surface area (Å²) in [6, 6.07) is 0. The molecule has 0 unspecified atom stereocenters. The van der Waals surface area contributed by atoms with Crippen LogP contribution in [0.3, 0.4) is 0 Å². The molecule has 37 valence electrons. The van der Waals surface area contributed by atoms with Crippen LogP contribution >= 0.6 is 0 Å². The molecule has 1 radical (unpaired) electrons. The quantitative estimate of drug-likeness (QED) is 0.483. The van der Waals surface area contributed by atoms with Gasteiger partial charge in [0.1, 0.15) is 6.61 Å². The zero-order chi connectivity index (χ0) is 4.99. The molecule has 0 aromatic carbocycles. The normalized spacial score (nSPS) is 14.5. The molecule has 2 nitrogen and oxygen atoms in total. The van der Waals surface area contributed by atoms with Gasteiger partial charge >= 0.3 is 0 Å². The summed E-state index contributed by atoms with van der Waals surface area (Å²) in [5.41, 5.74) is 0. The number of hydrogen-bond acceptors (Lipinski definition) is 1. The minimum Gasteiger partial charge on any atom is -0.379 e. The van der Waals surface area contributed by atoms with Crippen molar-refractivity contribution in [2.75, 3.05) is 13.7 Å². The molecule has 0 aliphatic carbocycles. The van der Waals surface area contributed by atoms with E-state index in [0.29, 0.717) is 0 Å². The second kappa shape index (κ2) is 3.12. The Balaban J connectivity index is 2.75. The van der Waals surface area contributed by atoms with Crippen molar-refractivity contribution in [2.24, 2.45) is 0 Å². The van der Waals surface area contributed by atoms with E-state index in [1.54, 1.807) is 6.92 Å². The zero-order valence-electron chi connectivity index (χ0n) is 4.10. The van der Waals surface area contributed by atoms with E-state index in [1.807, 2.05) is 0 Å². The van der Waals surface area contributed by atoms with Crippen molar-refractivity contribution in [1.82, 2.24) is 0 Å². The molecule has 0 bridgehead atoms. The lowest BCUT2D eigenvalue weighted by Crippen LogP contribution is -2.07. The molecule has 2 heteroatoms. The number of ether oxygens (including phenoxy) is 1. The molecule has 0 saturated carbocycles. The zero-order valence-corrected chi connectivity index (χ0v) is 4.10. The molecule has 0 heterocycles. The van der Waals surface area contributed by atoms with E-state index in [4.69, 9.17) is 0 Å². The maximum Gasteiger partial charge on any atom is 0.108 e. The molecular formula is C4H9O2. The van der Waals surface area contributed by atoms with Gasteiger partial charge in [-0.1, -0.05) is 0 Å². The first-order valence-electron chi connectivity index (χ1n) is 1.92. The van der Waals surface area contributed by atoms with E-state index < -0.39 is 0 Å². The van der Waals surface area contributed by atoms with E-state index in [1.165, 1.54) is 7.11 Å². The predicted molar refractivity (Wildman–Crippen MR) is 22.0 cm³/mol. The summed E-state index contributed by atoms with van der Waals surface area (Å²) < 4.78 is 4.59. The Hall–Kier alpha value is -0.0800. The van der Waals surface area contributed by atoms with Crippen LogP contribution in [0.25, 0.3) is 0 Å². The molecule has 6 heavy (non-hydrogen) atoms. The Labute approximate surface area is 37.7 Å². The SMILES string of the molecule is CO[C@@H](C)C[O]. The minimum atomic E-state index is -0.142. The van der Waals surface area contributed by atoms with Crippen LogP contribution in [0.2, 0.25) is 0 Å². The molecule has 0 rings (SSSR count). The summed E-state index contributed by atoms with van der Waals surface area (Å²) >= 11 is 0. The summed E-state index contributed by atoms with van der Waals surface area (Å²) in [5.74, 6) is 0. The largest absolute Gasteiger partial charge is 0.379 e. The van der Waals surface area contributed by atoms with Crippen LogP contribution in [0.15, 0.2) is 0 Å². The van der Waals surface area contributed by atoms with Gasteiger partial charge in [0.2, 0.25) is 0 Å². The highest BCUT2D eigenvalue weighted by atomic mass is 16.5. The smallest absolute Gasteiger partial charge is 0.108 e. The Morgan fingerprint density at radius 3 is 2.33 bits per heavy atom. The average molecular weight is 89.1 g/mol. The van der Waals surface area contributed by atoms with Crippen LogP contribution in [0, 0.1) is 0 Å². The van der Waals surface area contributed by atoms with Crippen LogP contribution in [0.5, 0.6) is 0 Å². The van der Waals surface area contributed by atoms with Gasteiger partial charge in [-0.05, 0) is 6.92 Å². The van der Waals surface area contributed by atoms with Gasteiger partial charge in [-0.3, -0.25) is 0 Å². The van der Waals surface area contributed by atoms with Crippen molar-refractivity contribution in [2.45, 2.75) is 13.0 Å². The lowest BCUT2D eigenvalue weighted by atomic mass is 10.4. The number of rotatable bonds is 2. The second-order valence-electron chi connectivity index (χ2n) is 1.21. The molecule has 0 aliphatic rings. The van der Waals surface area contributed by atoms with E-state index in [0.717, 1.165) is 0 Å². The van der Waals surface area contributed by atoms with Gasteiger partial charge in [-0.15, -0.1) is 0 Å². The van der Waals surface area contributed by atoms with Gasteiger partial charge < -0.3 is 4.74 Å². The summed E-state index contributed by atoms with van der Waals surface area (Å²) in [5, 5.41) is 9.74. The summed E-state index contributed by atoms with van der Waals surface area (Å²) in [4.78, 5) is 0. The fourth-order valence-electron chi connectivity index (χ4n) is 0.0680. The first-order chi connectivity index (χ1) is 2.81. The molecule has 0 aromatic rings. The fraction of sp³-hybridized carbons (Fsp3) is 1.00. The Morgan fingerprint density at radius 2 is 2.33 bits per heavy atom. The van der Waals surface area contributed by atoms with Crippen molar-refractivity contribution in [3.8, 4) is 0 Å². The van der Waals surface area contributed by atoms with E-state index in [2.05, 4.69) is 4.74 Å². The van der Waals surface area contributed by atoms with Crippen molar-refractivity contribution >= 4 is 0 Å². The second-order valence-corrected chi connectivity index (χ2v) is 1.21. The molecule has 1 atom stereocenters. The van der Waals surface area contributed by atoms with Gasteiger partial charge in [0, 0.05) is 7.11 Å². The third kappa shape index (κ3) is 2.18. The van der Waals surface area contributed by atoms with Gasteiger partial charge in [0.05, 0.1) is 6.10 Å². The van der Waals surface area contributed by atoms with Crippen molar-refractivity contribution in [3.05, 3.63) is 0 Å². The first kappa shape index (κ1) is 5.92. The number of methoxy groups -OCH3 is 1.